The van der Waals surface area contributed by atoms with Crippen molar-refractivity contribution in [1.29, 1.82) is 0 Å². The highest BCUT2D eigenvalue weighted by molar-refractivity contribution is 7.92. The summed E-state index contributed by atoms with van der Waals surface area (Å²) < 4.78 is 32.5. The Morgan fingerprint density at radius 1 is 1.02 bits per heavy atom. The van der Waals surface area contributed by atoms with E-state index in [0.717, 1.165) is 29.5 Å². The van der Waals surface area contributed by atoms with E-state index in [4.69, 9.17) is 14.7 Å². The number of H-pyrrole nitrogens is 1. The number of urea groups is 1. The number of sulfone groups is 1. The summed E-state index contributed by atoms with van der Waals surface area (Å²) in [6.07, 6.45) is 3.46. The van der Waals surface area contributed by atoms with Crippen molar-refractivity contribution in [3.8, 4) is 5.75 Å². The maximum atomic E-state index is 13.1. The topological polar surface area (TPSA) is 133 Å². The van der Waals surface area contributed by atoms with E-state index in [0.29, 0.717) is 47.9 Å². The third kappa shape index (κ3) is 6.85. The molecule has 1 aliphatic rings. The van der Waals surface area contributed by atoms with Gasteiger partial charge in [0, 0.05) is 33.4 Å². The molecule has 1 aliphatic heterocycles. The normalized spacial score (nSPS) is 14.3. The molecule has 11 nitrogen and oxygen atoms in total. The highest BCUT2D eigenvalue weighted by atomic mass is 32.2. The molecular weight excluding hydrogens is 590 g/mol. The maximum absolute atomic E-state index is 13.1. The van der Waals surface area contributed by atoms with Crippen LogP contribution in [0.5, 0.6) is 5.75 Å². The smallest absolute Gasteiger partial charge is 0.319 e. The zero-order valence-corrected chi connectivity index (χ0v) is 27.8. The van der Waals surface area contributed by atoms with Crippen LogP contribution in [-0.4, -0.2) is 77.7 Å². The number of aromatic amines is 1. The Kier molecular flexibility index (Phi) is 9.24. The number of carbonyl (C=O) groups excluding carboxylic acids is 1. The van der Waals surface area contributed by atoms with Crippen molar-refractivity contribution in [2.24, 2.45) is 0 Å². The molecule has 2 amide bonds. The Morgan fingerprint density at radius 2 is 1.73 bits per heavy atom. The first-order valence-corrected chi connectivity index (χ1v) is 16.9. The summed E-state index contributed by atoms with van der Waals surface area (Å²) in [5, 5.41) is 6.78. The first-order valence-electron chi connectivity index (χ1n) is 15.3. The molecule has 12 heteroatoms. The summed E-state index contributed by atoms with van der Waals surface area (Å²) in [6.45, 7) is 10.8. The first-order chi connectivity index (χ1) is 21.3. The molecule has 1 fully saturated rings. The number of likely N-dealkylation sites (tertiary alicyclic amines) is 1. The Hall–Kier alpha value is -4.32. The average Bonchev–Trinajstić information content (AvgIpc) is 3.47. The lowest BCUT2D eigenvalue weighted by Crippen LogP contribution is -2.43. The standard InChI is InChI=1S/C33H43N7O4S/c1-20(2)44-28-19-25(23-13-16-40(17-14-23)33(41)39(6)7)22(5)18-27(28)36-32-37-30-24(12-15-34-30)31(38-32)35-26-10-8-9-11-29(26)45(42,43)21(3)4/h8-12,15,18-21,23H,13-14,16-17H2,1-7H3,(H3,34,35,36,37,38). The summed E-state index contributed by atoms with van der Waals surface area (Å²) in [6, 6.07) is 12.9. The van der Waals surface area contributed by atoms with Crippen molar-refractivity contribution in [3.05, 3.63) is 59.8 Å². The van der Waals surface area contributed by atoms with Crippen molar-refractivity contribution in [2.75, 3.05) is 37.8 Å². The van der Waals surface area contributed by atoms with Gasteiger partial charge in [-0.2, -0.15) is 9.97 Å². The number of hydrogen-bond donors (Lipinski definition) is 3. The Balaban J connectivity index is 1.47. The van der Waals surface area contributed by atoms with Gasteiger partial charge in [0.05, 0.1) is 33.0 Å². The number of hydrogen-bond acceptors (Lipinski definition) is 8. The van der Waals surface area contributed by atoms with Gasteiger partial charge in [-0.1, -0.05) is 12.1 Å². The molecule has 3 heterocycles. The number of nitrogens with one attached hydrogen (secondary N) is 3. The lowest BCUT2D eigenvalue weighted by Gasteiger charge is -2.34. The number of para-hydroxylation sites is 1. The molecule has 4 aromatic rings. The summed E-state index contributed by atoms with van der Waals surface area (Å²) in [5.74, 6) is 1.79. The summed E-state index contributed by atoms with van der Waals surface area (Å²) in [5.41, 5.74) is 4.08. The van der Waals surface area contributed by atoms with Crippen molar-refractivity contribution in [2.45, 2.75) is 69.6 Å². The van der Waals surface area contributed by atoms with Crippen LogP contribution < -0.4 is 15.4 Å². The number of ether oxygens (including phenoxy) is 1. The molecule has 0 bridgehead atoms. The molecule has 240 valence electrons. The van der Waals surface area contributed by atoms with Gasteiger partial charge in [0.2, 0.25) is 5.95 Å². The number of carbonyl (C=O) groups is 1. The first kappa shape index (κ1) is 32.1. The quantitative estimate of drug-likeness (QED) is 0.188. The Bertz CT molecular complexity index is 1790. The lowest BCUT2D eigenvalue weighted by atomic mass is 9.86. The van der Waals surface area contributed by atoms with E-state index >= 15 is 0 Å². The number of benzene rings is 2. The lowest BCUT2D eigenvalue weighted by molar-refractivity contribution is 0.156. The molecule has 5 rings (SSSR count). The average molecular weight is 634 g/mol. The second-order valence-corrected chi connectivity index (χ2v) is 14.8. The monoisotopic (exact) mass is 633 g/mol. The summed E-state index contributed by atoms with van der Waals surface area (Å²) >= 11 is 0. The fourth-order valence-electron chi connectivity index (χ4n) is 5.67. The van der Waals surface area contributed by atoms with E-state index in [1.54, 1.807) is 63.3 Å². The predicted octanol–water partition coefficient (Wildman–Crippen LogP) is 6.58. The van der Waals surface area contributed by atoms with Crippen LogP contribution in [0.2, 0.25) is 0 Å². The van der Waals surface area contributed by atoms with Crippen molar-refractivity contribution in [1.82, 2.24) is 24.8 Å². The van der Waals surface area contributed by atoms with Crippen LogP contribution in [0.3, 0.4) is 0 Å². The predicted molar refractivity (Wildman–Crippen MR) is 179 cm³/mol. The fourth-order valence-corrected chi connectivity index (χ4v) is 6.87. The number of aryl methyl sites for hydroxylation is 1. The highest BCUT2D eigenvalue weighted by Crippen LogP contribution is 2.39. The second-order valence-electron chi connectivity index (χ2n) is 12.3. The minimum atomic E-state index is -3.54. The van der Waals surface area contributed by atoms with Gasteiger partial charge in [-0.3, -0.25) is 0 Å². The van der Waals surface area contributed by atoms with Gasteiger partial charge < -0.3 is 30.2 Å². The van der Waals surface area contributed by atoms with E-state index in [-0.39, 0.29) is 17.0 Å². The van der Waals surface area contributed by atoms with Gasteiger partial charge in [-0.15, -0.1) is 0 Å². The number of nitrogens with zero attached hydrogens (tertiary/aromatic N) is 4. The van der Waals surface area contributed by atoms with E-state index in [1.165, 1.54) is 5.56 Å². The summed E-state index contributed by atoms with van der Waals surface area (Å²) in [4.78, 5) is 28.8. The molecule has 2 aromatic carbocycles. The fraction of sp³-hybridized carbons (Fsp3) is 0.424. The largest absolute Gasteiger partial charge is 0.489 e. The molecule has 0 atom stereocenters. The second kappa shape index (κ2) is 13.0. The molecule has 0 unspecified atom stereocenters. The number of fused-ring (bicyclic) bond motifs is 1. The summed E-state index contributed by atoms with van der Waals surface area (Å²) in [7, 11) is 0.0278. The number of amides is 2. The van der Waals surface area contributed by atoms with Crippen LogP contribution >= 0.6 is 0 Å². The van der Waals surface area contributed by atoms with Gasteiger partial charge in [-0.25, -0.2) is 13.2 Å². The Labute approximate surface area is 265 Å². The van der Waals surface area contributed by atoms with Crippen LogP contribution in [0.15, 0.2) is 53.6 Å². The molecule has 0 aliphatic carbocycles. The van der Waals surface area contributed by atoms with Crippen LogP contribution in [-0.2, 0) is 9.84 Å². The highest BCUT2D eigenvalue weighted by Gasteiger charge is 2.27. The molecule has 3 N–H and O–H groups in total. The number of anilines is 4. The minimum absolute atomic E-state index is 0.0477. The van der Waals surface area contributed by atoms with Gasteiger partial charge in [0.25, 0.3) is 0 Å². The number of piperidine rings is 1. The van der Waals surface area contributed by atoms with Crippen LogP contribution in [0.25, 0.3) is 11.0 Å². The van der Waals surface area contributed by atoms with Crippen molar-refractivity contribution >= 4 is 50.0 Å². The Morgan fingerprint density at radius 3 is 2.40 bits per heavy atom. The molecule has 0 saturated carbocycles. The van der Waals surface area contributed by atoms with Gasteiger partial charge in [0.1, 0.15) is 17.2 Å². The van der Waals surface area contributed by atoms with Crippen LogP contribution in [0, 0.1) is 6.92 Å². The molecule has 2 aromatic heterocycles. The van der Waals surface area contributed by atoms with Crippen molar-refractivity contribution < 1.29 is 17.9 Å². The number of aromatic nitrogens is 3. The van der Waals surface area contributed by atoms with E-state index < -0.39 is 15.1 Å². The van der Waals surface area contributed by atoms with E-state index in [1.807, 2.05) is 24.8 Å². The SMILES string of the molecule is Cc1cc(Nc2nc(Nc3ccccc3S(=O)(=O)C(C)C)c3cc[nH]c3n2)c(OC(C)C)cc1C1CCN(C(=O)N(C)C)CC1. The molecule has 0 radical (unpaired) electrons. The minimum Gasteiger partial charge on any atom is -0.489 e. The van der Waals surface area contributed by atoms with Crippen LogP contribution in [0.1, 0.15) is 57.6 Å². The zero-order chi connectivity index (χ0) is 32.5. The van der Waals surface area contributed by atoms with Gasteiger partial charge >= 0.3 is 6.03 Å². The van der Waals surface area contributed by atoms with Crippen LogP contribution in [0.4, 0.5) is 27.9 Å². The van der Waals surface area contributed by atoms with Gasteiger partial charge in [-0.05, 0) is 94.8 Å². The third-order valence-corrected chi connectivity index (χ3v) is 10.3. The third-order valence-electron chi connectivity index (χ3n) is 8.05. The maximum Gasteiger partial charge on any atom is 0.319 e. The zero-order valence-electron chi connectivity index (χ0n) is 27.0. The van der Waals surface area contributed by atoms with E-state index in [2.05, 4.69) is 34.7 Å². The molecular formula is C33H43N7O4S. The van der Waals surface area contributed by atoms with E-state index in [9.17, 15) is 13.2 Å². The van der Waals surface area contributed by atoms with Crippen molar-refractivity contribution in [3.63, 3.8) is 0 Å². The molecule has 45 heavy (non-hydrogen) atoms. The molecule has 0 spiro atoms. The number of rotatable bonds is 9. The van der Waals surface area contributed by atoms with Gasteiger partial charge in [0.15, 0.2) is 9.84 Å². The molecule has 1 saturated heterocycles.